The molecule has 4 rings (SSSR count). The average molecular weight is 355 g/mol. The molecule has 7 heteroatoms. The normalized spacial score (nSPS) is 17.8. The molecule has 0 unspecified atom stereocenters. The van der Waals surface area contributed by atoms with Gasteiger partial charge in [0.25, 0.3) is 0 Å². The lowest BCUT2D eigenvalue weighted by Gasteiger charge is -2.32. The Balaban J connectivity index is 1.57. The minimum absolute atomic E-state index is 0.271. The second-order valence-corrected chi connectivity index (χ2v) is 7.28. The van der Waals surface area contributed by atoms with Gasteiger partial charge in [0.2, 0.25) is 0 Å². The van der Waals surface area contributed by atoms with Gasteiger partial charge in [0, 0.05) is 31.4 Å². The van der Waals surface area contributed by atoms with Crippen LogP contribution in [0.2, 0.25) is 0 Å². The fraction of sp³-hybridized carbons (Fsp3) is 0.389. The van der Waals surface area contributed by atoms with Crippen molar-refractivity contribution in [3.05, 3.63) is 41.2 Å². The summed E-state index contributed by atoms with van der Waals surface area (Å²) in [6.45, 7) is 4.28. The van der Waals surface area contributed by atoms with Gasteiger partial charge in [-0.15, -0.1) is 11.3 Å². The first-order chi connectivity index (χ1) is 12.2. The van der Waals surface area contributed by atoms with Crippen molar-refractivity contribution in [3.8, 4) is 0 Å². The van der Waals surface area contributed by atoms with E-state index in [-0.39, 0.29) is 6.10 Å². The standard InChI is InChI=1S/C18H21N5OS/c1-12-10-25-16-15(12)21-11-22-17(16)20-8-13-4-2-6-19-18(13)23-7-3-5-14(24)9-23/h2,4,6,10-11,14,24H,3,5,7-9H2,1H3,(H,20,21,22)/t14-/m0/s1. The quantitative estimate of drug-likeness (QED) is 0.749. The Morgan fingerprint density at radius 2 is 2.28 bits per heavy atom. The van der Waals surface area contributed by atoms with Gasteiger partial charge in [0.15, 0.2) is 0 Å². The molecule has 130 valence electrons. The van der Waals surface area contributed by atoms with E-state index in [1.165, 1.54) is 5.56 Å². The number of aliphatic hydroxyl groups excluding tert-OH is 1. The SMILES string of the molecule is Cc1csc2c(NCc3cccnc3N3CCC[C@H](O)C3)ncnc12. The zero-order chi connectivity index (χ0) is 17.2. The molecule has 1 atom stereocenters. The van der Waals surface area contributed by atoms with E-state index in [1.807, 2.05) is 12.3 Å². The number of piperidine rings is 1. The number of hydrogen-bond acceptors (Lipinski definition) is 7. The summed E-state index contributed by atoms with van der Waals surface area (Å²) in [6, 6.07) is 4.03. The van der Waals surface area contributed by atoms with Crippen LogP contribution in [0.1, 0.15) is 24.0 Å². The van der Waals surface area contributed by atoms with Crippen molar-refractivity contribution in [1.29, 1.82) is 0 Å². The molecule has 25 heavy (non-hydrogen) atoms. The zero-order valence-corrected chi connectivity index (χ0v) is 15.0. The number of aromatic nitrogens is 3. The first-order valence-electron chi connectivity index (χ1n) is 8.52. The predicted octanol–water partition coefficient (Wildman–Crippen LogP) is 2.97. The molecule has 3 aromatic heterocycles. The van der Waals surface area contributed by atoms with Crippen LogP contribution in [0.4, 0.5) is 11.6 Å². The third-order valence-electron chi connectivity index (χ3n) is 4.54. The van der Waals surface area contributed by atoms with Crippen molar-refractivity contribution < 1.29 is 5.11 Å². The number of thiophene rings is 1. The maximum absolute atomic E-state index is 9.96. The van der Waals surface area contributed by atoms with Crippen LogP contribution in [0.15, 0.2) is 30.0 Å². The van der Waals surface area contributed by atoms with Crippen molar-refractivity contribution >= 4 is 33.2 Å². The van der Waals surface area contributed by atoms with E-state index in [4.69, 9.17) is 0 Å². The molecule has 1 fully saturated rings. The average Bonchev–Trinajstić information content (AvgIpc) is 3.02. The van der Waals surface area contributed by atoms with Crippen LogP contribution < -0.4 is 10.2 Å². The van der Waals surface area contributed by atoms with Crippen LogP contribution in [-0.4, -0.2) is 39.3 Å². The van der Waals surface area contributed by atoms with Crippen molar-refractivity contribution in [2.24, 2.45) is 0 Å². The highest BCUT2D eigenvalue weighted by Crippen LogP contribution is 2.29. The first-order valence-corrected chi connectivity index (χ1v) is 9.40. The van der Waals surface area contributed by atoms with E-state index in [9.17, 15) is 5.11 Å². The van der Waals surface area contributed by atoms with E-state index >= 15 is 0 Å². The van der Waals surface area contributed by atoms with Gasteiger partial charge in [-0.05, 0) is 36.8 Å². The number of anilines is 2. The van der Waals surface area contributed by atoms with Crippen LogP contribution in [0.25, 0.3) is 10.2 Å². The highest BCUT2D eigenvalue weighted by Gasteiger charge is 2.21. The molecule has 4 heterocycles. The van der Waals surface area contributed by atoms with Gasteiger partial charge in [0.05, 0.1) is 16.3 Å². The summed E-state index contributed by atoms with van der Waals surface area (Å²) in [7, 11) is 0. The number of aryl methyl sites for hydroxylation is 1. The Morgan fingerprint density at radius 1 is 1.36 bits per heavy atom. The summed E-state index contributed by atoms with van der Waals surface area (Å²) in [5.74, 6) is 1.80. The number of aliphatic hydroxyl groups is 1. The fourth-order valence-electron chi connectivity index (χ4n) is 3.27. The molecule has 0 radical (unpaired) electrons. The van der Waals surface area contributed by atoms with Gasteiger partial charge in [-0.25, -0.2) is 15.0 Å². The van der Waals surface area contributed by atoms with Gasteiger partial charge in [-0.3, -0.25) is 0 Å². The topological polar surface area (TPSA) is 74.2 Å². The molecule has 1 aliphatic heterocycles. The van der Waals surface area contributed by atoms with E-state index in [1.54, 1.807) is 17.7 Å². The van der Waals surface area contributed by atoms with E-state index in [0.29, 0.717) is 13.1 Å². The largest absolute Gasteiger partial charge is 0.391 e. The van der Waals surface area contributed by atoms with Crippen LogP contribution >= 0.6 is 11.3 Å². The summed E-state index contributed by atoms with van der Waals surface area (Å²) in [4.78, 5) is 15.5. The maximum Gasteiger partial charge on any atom is 0.147 e. The lowest BCUT2D eigenvalue weighted by Crippen LogP contribution is -2.39. The summed E-state index contributed by atoms with van der Waals surface area (Å²) in [5, 5.41) is 15.5. The van der Waals surface area contributed by atoms with Gasteiger partial charge >= 0.3 is 0 Å². The monoisotopic (exact) mass is 355 g/mol. The zero-order valence-electron chi connectivity index (χ0n) is 14.1. The Bertz CT molecular complexity index is 881. The first kappa shape index (κ1) is 16.2. The van der Waals surface area contributed by atoms with Gasteiger partial charge in [0.1, 0.15) is 18.0 Å². The third kappa shape index (κ3) is 3.29. The summed E-state index contributed by atoms with van der Waals surface area (Å²) in [5.41, 5.74) is 3.29. The van der Waals surface area contributed by atoms with E-state index in [0.717, 1.165) is 46.8 Å². The van der Waals surface area contributed by atoms with Crippen molar-refractivity contribution in [3.63, 3.8) is 0 Å². The second kappa shape index (κ2) is 6.93. The third-order valence-corrected chi connectivity index (χ3v) is 5.63. The molecule has 0 aromatic carbocycles. The van der Waals surface area contributed by atoms with Crippen LogP contribution in [0.5, 0.6) is 0 Å². The molecule has 0 aliphatic carbocycles. The Labute approximate surface area is 150 Å². The van der Waals surface area contributed by atoms with E-state index < -0.39 is 0 Å². The Morgan fingerprint density at radius 3 is 3.16 bits per heavy atom. The Kier molecular flexibility index (Phi) is 4.50. The number of nitrogens with one attached hydrogen (secondary N) is 1. The maximum atomic E-state index is 9.96. The van der Waals surface area contributed by atoms with Gasteiger partial charge in [-0.2, -0.15) is 0 Å². The van der Waals surface area contributed by atoms with Crippen LogP contribution in [-0.2, 0) is 6.54 Å². The molecule has 0 spiro atoms. The molecular weight excluding hydrogens is 334 g/mol. The minimum Gasteiger partial charge on any atom is -0.391 e. The number of pyridine rings is 1. The van der Waals surface area contributed by atoms with Crippen molar-refractivity contribution in [2.75, 3.05) is 23.3 Å². The molecule has 2 N–H and O–H groups in total. The minimum atomic E-state index is -0.271. The van der Waals surface area contributed by atoms with E-state index in [2.05, 4.69) is 43.5 Å². The highest BCUT2D eigenvalue weighted by molar-refractivity contribution is 7.18. The molecular formula is C18H21N5OS. The fourth-order valence-corrected chi connectivity index (χ4v) is 4.24. The lowest BCUT2D eigenvalue weighted by molar-refractivity contribution is 0.154. The predicted molar refractivity (Wildman–Crippen MR) is 101 cm³/mol. The van der Waals surface area contributed by atoms with Crippen LogP contribution in [0.3, 0.4) is 0 Å². The molecule has 1 aliphatic rings. The lowest BCUT2D eigenvalue weighted by atomic mass is 10.1. The van der Waals surface area contributed by atoms with Crippen LogP contribution in [0, 0.1) is 6.92 Å². The number of hydrogen-bond donors (Lipinski definition) is 2. The smallest absolute Gasteiger partial charge is 0.147 e. The highest BCUT2D eigenvalue weighted by atomic mass is 32.1. The van der Waals surface area contributed by atoms with Crippen molar-refractivity contribution in [1.82, 2.24) is 15.0 Å². The molecule has 1 saturated heterocycles. The number of nitrogens with zero attached hydrogens (tertiary/aromatic N) is 4. The summed E-state index contributed by atoms with van der Waals surface area (Å²) >= 11 is 1.66. The van der Waals surface area contributed by atoms with Gasteiger partial charge < -0.3 is 15.3 Å². The van der Waals surface area contributed by atoms with Crippen molar-refractivity contribution in [2.45, 2.75) is 32.4 Å². The molecule has 0 saturated carbocycles. The summed E-state index contributed by atoms with van der Waals surface area (Å²) in [6.07, 6.45) is 5.01. The molecule has 3 aromatic rings. The summed E-state index contributed by atoms with van der Waals surface area (Å²) < 4.78 is 1.08. The number of rotatable bonds is 4. The number of β-amino-alcohol motifs (C(OH)–C–C–N with tert-alkyl or cyclic N) is 1. The van der Waals surface area contributed by atoms with Gasteiger partial charge in [-0.1, -0.05) is 6.07 Å². The number of fused-ring (bicyclic) bond motifs is 1. The molecule has 0 bridgehead atoms. The molecule has 6 nitrogen and oxygen atoms in total. The molecule has 0 amide bonds. The Hall–Kier alpha value is -2.25. The second-order valence-electron chi connectivity index (χ2n) is 6.40.